The van der Waals surface area contributed by atoms with Gasteiger partial charge in [0.05, 0.1) is 12.7 Å². The zero-order valence-electron chi connectivity index (χ0n) is 12.5. The number of thioether (sulfide) groups is 1. The lowest BCUT2D eigenvalue weighted by Crippen LogP contribution is -2.58. The van der Waals surface area contributed by atoms with E-state index >= 15 is 0 Å². The Morgan fingerprint density at radius 1 is 1.32 bits per heavy atom. The lowest BCUT2D eigenvalue weighted by molar-refractivity contribution is 0.0265. The van der Waals surface area contributed by atoms with Crippen LogP contribution in [0.15, 0.2) is 42.0 Å². The van der Waals surface area contributed by atoms with Gasteiger partial charge < -0.3 is 4.74 Å². The average Bonchev–Trinajstić information content (AvgIpc) is 3.16. The average molecular weight is 332 g/mol. The summed E-state index contributed by atoms with van der Waals surface area (Å²) in [7, 11) is 0. The molecule has 0 saturated carbocycles. The number of pyridine rings is 1. The maximum atomic E-state index is 6.08. The standard InChI is InChI=1S/C17H20N2OS2/c1-3-14(8-18-5-1)10-20-15-7-17(22-11-15)12-19(13-17)9-16-4-2-6-21-16/h1-6,8,15H,7,9-13H2/t15-/m0/s1. The second-order valence-corrected chi connectivity index (χ2v) is 8.74. The van der Waals surface area contributed by atoms with E-state index in [1.807, 2.05) is 23.6 Å². The molecule has 1 atom stereocenters. The predicted molar refractivity (Wildman–Crippen MR) is 92.2 cm³/mol. The number of likely N-dealkylation sites (tertiary alicyclic amines) is 1. The van der Waals surface area contributed by atoms with Crippen LogP contribution >= 0.6 is 23.1 Å². The lowest BCUT2D eigenvalue weighted by Gasteiger charge is -2.47. The summed E-state index contributed by atoms with van der Waals surface area (Å²) in [4.78, 5) is 8.17. The molecule has 0 bridgehead atoms. The molecule has 0 N–H and O–H groups in total. The minimum Gasteiger partial charge on any atom is -0.373 e. The molecule has 2 fully saturated rings. The molecule has 3 nitrogen and oxygen atoms in total. The molecular weight excluding hydrogens is 312 g/mol. The Kier molecular flexibility index (Phi) is 4.22. The molecule has 4 heterocycles. The van der Waals surface area contributed by atoms with Gasteiger partial charge >= 0.3 is 0 Å². The first kappa shape index (κ1) is 14.7. The van der Waals surface area contributed by atoms with Gasteiger partial charge in [-0.2, -0.15) is 0 Å². The smallest absolute Gasteiger partial charge is 0.0736 e. The van der Waals surface area contributed by atoms with E-state index in [0.717, 1.165) is 12.3 Å². The van der Waals surface area contributed by atoms with Crippen LogP contribution < -0.4 is 0 Å². The number of rotatable bonds is 5. The van der Waals surface area contributed by atoms with Crippen LogP contribution in [0.2, 0.25) is 0 Å². The Balaban J connectivity index is 1.23. The van der Waals surface area contributed by atoms with E-state index in [1.165, 1.54) is 30.0 Å². The Hall–Kier alpha value is -0.880. The minimum absolute atomic E-state index is 0.397. The van der Waals surface area contributed by atoms with Crippen LogP contribution in [0, 0.1) is 0 Å². The largest absolute Gasteiger partial charge is 0.373 e. The number of nitrogens with zero attached hydrogens (tertiary/aromatic N) is 2. The normalized spacial score (nSPS) is 23.7. The molecule has 4 rings (SSSR count). The second-order valence-electron chi connectivity index (χ2n) is 6.22. The van der Waals surface area contributed by atoms with Crippen molar-refractivity contribution in [1.29, 1.82) is 0 Å². The van der Waals surface area contributed by atoms with E-state index in [-0.39, 0.29) is 0 Å². The third-order valence-corrected chi connectivity index (χ3v) is 6.80. The lowest BCUT2D eigenvalue weighted by atomic mass is 9.93. The van der Waals surface area contributed by atoms with Crippen LogP contribution in [-0.4, -0.2) is 39.6 Å². The number of hydrogen-bond acceptors (Lipinski definition) is 5. The Morgan fingerprint density at radius 3 is 3.05 bits per heavy atom. The summed E-state index contributed by atoms with van der Waals surface area (Å²) in [6, 6.07) is 8.42. The van der Waals surface area contributed by atoms with Crippen molar-refractivity contribution in [2.24, 2.45) is 0 Å². The van der Waals surface area contributed by atoms with Crippen LogP contribution in [-0.2, 0) is 17.9 Å². The first-order valence-corrected chi connectivity index (χ1v) is 9.57. The predicted octanol–water partition coefficient (Wildman–Crippen LogP) is 3.42. The van der Waals surface area contributed by atoms with E-state index in [2.05, 4.69) is 45.2 Å². The van der Waals surface area contributed by atoms with E-state index in [1.54, 1.807) is 6.20 Å². The third kappa shape index (κ3) is 3.23. The Morgan fingerprint density at radius 2 is 2.27 bits per heavy atom. The second kappa shape index (κ2) is 6.32. The van der Waals surface area contributed by atoms with Gasteiger partial charge in [0.2, 0.25) is 0 Å². The molecule has 0 amide bonds. The highest BCUT2D eigenvalue weighted by atomic mass is 32.2. The summed E-state index contributed by atoms with van der Waals surface area (Å²) in [6.07, 6.45) is 5.29. The van der Waals surface area contributed by atoms with Crippen LogP contribution in [0.25, 0.3) is 0 Å². The molecule has 0 aliphatic carbocycles. The number of thiophene rings is 1. The van der Waals surface area contributed by atoms with Crippen molar-refractivity contribution in [3.05, 3.63) is 52.5 Å². The summed E-state index contributed by atoms with van der Waals surface area (Å²) >= 11 is 3.97. The van der Waals surface area contributed by atoms with Crippen molar-refractivity contribution in [2.45, 2.75) is 30.4 Å². The number of ether oxygens (including phenoxy) is 1. The van der Waals surface area contributed by atoms with E-state index < -0.39 is 0 Å². The molecule has 2 aromatic rings. The van der Waals surface area contributed by atoms with Gasteiger partial charge in [0, 0.05) is 47.4 Å². The van der Waals surface area contributed by atoms with Gasteiger partial charge in [0.25, 0.3) is 0 Å². The fourth-order valence-electron chi connectivity index (χ4n) is 3.33. The molecule has 116 valence electrons. The quantitative estimate of drug-likeness (QED) is 0.838. The highest BCUT2D eigenvalue weighted by Gasteiger charge is 2.49. The maximum absolute atomic E-state index is 6.08. The van der Waals surface area contributed by atoms with Gasteiger partial charge in [-0.25, -0.2) is 0 Å². The molecule has 22 heavy (non-hydrogen) atoms. The summed E-state index contributed by atoms with van der Waals surface area (Å²) in [5.74, 6) is 1.13. The van der Waals surface area contributed by atoms with Gasteiger partial charge in [-0.3, -0.25) is 9.88 Å². The first-order valence-electron chi connectivity index (χ1n) is 7.71. The van der Waals surface area contributed by atoms with Crippen molar-refractivity contribution in [2.75, 3.05) is 18.8 Å². The van der Waals surface area contributed by atoms with Crippen LogP contribution in [0.1, 0.15) is 16.9 Å². The van der Waals surface area contributed by atoms with Gasteiger partial charge in [-0.1, -0.05) is 12.1 Å². The third-order valence-electron chi connectivity index (χ3n) is 4.37. The molecule has 5 heteroatoms. The summed E-state index contributed by atoms with van der Waals surface area (Å²) in [6.45, 7) is 4.22. The zero-order chi connectivity index (χ0) is 14.8. The van der Waals surface area contributed by atoms with E-state index in [0.29, 0.717) is 17.5 Å². The minimum atomic E-state index is 0.397. The molecule has 2 aliphatic heterocycles. The molecule has 2 saturated heterocycles. The molecule has 0 radical (unpaired) electrons. The zero-order valence-corrected chi connectivity index (χ0v) is 14.1. The summed E-state index contributed by atoms with van der Waals surface area (Å²) in [5, 5.41) is 2.16. The van der Waals surface area contributed by atoms with E-state index in [4.69, 9.17) is 4.74 Å². The van der Waals surface area contributed by atoms with Gasteiger partial charge in [0.1, 0.15) is 0 Å². The van der Waals surface area contributed by atoms with Gasteiger partial charge in [-0.15, -0.1) is 23.1 Å². The molecule has 1 spiro atoms. The van der Waals surface area contributed by atoms with E-state index in [9.17, 15) is 0 Å². The maximum Gasteiger partial charge on any atom is 0.0736 e. The SMILES string of the molecule is c1cncc(CO[C@@H]2CSC3(C2)CN(Cc2cccs2)C3)c1. The molecular formula is C17H20N2OS2. The van der Waals surface area contributed by atoms with Gasteiger partial charge in [-0.05, 0) is 29.5 Å². The fourth-order valence-corrected chi connectivity index (χ4v) is 5.68. The highest BCUT2D eigenvalue weighted by Crippen LogP contribution is 2.46. The number of hydrogen-bond donors (Lipinski definition) is 0. The van der Waals surface area contributed by atoms with Crippen LogP contribution in [0.5, 0.6) is 0 Å². The number of aromatic nitrogens is 1. The monoisotopic (exact) mass is 332 g/mol. The Bertz CT molecular complexity index is 596. The topological polar surface area (TPSA) is 25.4 Å². The van der Waals surface area contributed by atoms with Crippen molar-refractivity contribution < 1.29 is 4.74 Å². The van der Waals surface area contributed by atoms with Crippen LogP contribution in [0.4, 0.5) is 0 Å². The first-order chi connectivity index (χ1) is 10.8. The molecule has 0 unspecified atom stereocenters. The van der Waals surface area contributed by atoms with Crippen molar-refractivity contribution in [1.82, 2.24) is 9.88 Å². The Labute approximate surface area is 139 Å². The molecule has 2 aliphatic rings. The van der Waals surface area contributed by atoms with Crippen molar-refractivity contribution in [3.8, 4) is 0 Å². The van der Waals surface area contributed by atoms with Crippen molar-refractivity contribution >= 4 is 23.1 Å². The van der Waals surface area contributed by atoms with Gasteiger partial charge in [0.15, 0.2) is 0 Å². The summed E-state index contributed by atoms with van der Waals surface area (Å²) < 4.78 is 6.54. The molecule has 2 aromatic heterocycles. The highest BCUT2D eigenvalue weighted by molar-refractivity contribution is 8.01. The fraction of sp³-hybridized carbons (Fsp3) is 0.471. The van der Waals surface area contributed by atoms with Crippen LogP contribution in [0.3, 0.4) is 0 Å². The summed E-state index contributed by atoms with van der Waals surface area (Å²) in [5.41, 5.74) is 1.17. The molecule has 0 aromatic carbocycles. The van der Waals surface area contributed by atoms with Crippen molar-refractivity contribution in [3.63, 3.8) is 0 Å².